The van der Waals surface area contributed by atoms with Crippen LogP contribution in [0, 0.1) is 0 Å². The number of likely N-dealkylation sites (tertiary alicyclic amines) is 1. The van der Waals surface area contributed by atoms with Crippen LogP contribution in [0.25, 0.3) is 0 Å². The molecule has 1 fully saturated rings. The van der Waals surface area contributed by atoms with Gasteiger partial charge in [-0.05, 0) is 48.6 Å². The number of methoxy groups -OCH3 is 1. The number of hydrogen-bond donors (Lipinski definition) is 0. The zero-order chi connectivity index (χ0) is 16.9. The summed E-state index contributed by atoms with van der Waals surface area (Å²) >= 11 is 6.33. The molecule has 24 heavy (non-hydrogen) atoms. The highest BCUT2D eigenvalue weighted by Gasteiger charge is 2.30. The van der Waals surface area contributed by atoms with Gasteiger partial charge in [-0.3, -0.25) is 4.79 Å². The molecule has 1 aliphatic rings. The van der Waals surface area contributed by atoms with Gasteiger partial charge in [-0.1, -0.05) is 41.9 Å². The van der Waals surface area contributed by atoms with E-state index in [0.29, 0.717) is 6.42 Å². The van der Waals surface area contributed by atoms with Gasteiger partial charge in [0, 0.05) is 18.0 Å². The van der Waals surface area contributed by atoms with Crippen molar-refractivity contribution in [2.75, 3.05) is 13.7 Å². The molecular weight excluding hydrogens is 322 g/mol. The van der Waals surface area contributed by atoms with E-state index in [1.165, 1.54) is 0 Å². The van der Waals surface area contributed by atoms with Gasteiger partial charge in [-0.2, -0.15) is 0 Å². The molecule has 4 heteroatoms. The summed E-state index contributed by atoms with van der Waals surface area (Å²) in [6.07, 6.45) is 3.28. The first-order valence-electron chi connectivity index (χ1n) is 8.36. The first-order chi connectivity index (χ1) is 11.7. The van der Waals surface area contributed by atoms with Crippen molar-refractivity contribution in [3.05, 3.63) is 64.7 Å². The van der Waals surface area contributed by atoms with Crippen LogP contribution < -0.4 is 4.74 Å². The number of carbonyl (C=O) groups is 1. The summed E-state index contributed by atoms with van der Waals surface area (Å²) < 4.78 is 5.16. The van der Waals surface area contributed by atoms with Crippen molar-refractivity contribution >= 4 is 17.5 Å². The van der Waals surface area contributed by atoms with Gasteiger partial charge in [0.1, 0.15) is 5.75 Å². The zero-order valence-corrected chi connectivity index (χ0v) is 14.6. The average Bonchev–Trinajstić information content (AvgIpc) is 3.10. The maximum Gasteiger partial charge on any atom is 0.223 e. The number of rotatable bonds is 5. The number of hydrogen-bond acceptors (Lipinski definition) is 2. The average molecular weight is 344 g/mol. The van der Waals surface area contributed by atoms with Crippen molar-refractivity contribution in [2.24, 2.45) is 0 Å². The van der Waals surface area contributed by atoms with E-state index >= 15 is 0 Å². The molecule has 0 spiro atoms. The van der Waals surface area contributed by atoms with E-state index < -0.39 is 0 Å². The summed E-state index contributed by atoms with van der Waals surface area (Å²) in [5, 5.41) is 0.748. The third-order valence-corrected chi connectivity index (χ3v) is 4.97. The minimum Gasteiger partial charge on any atom is -0.497 e. The Morgan fingerprint density at radius 2 is 1.96 bits per heavy atom. The first kappa shape index (κ1) is 16.8. The van der Waals surface area contributed by atoms with E-state index in [1.807, 2.05) is 53.4 Å². The number of nitrogens with zero attached hydrogens (tertiary/aromatic N) is 1. The normalized spacial score (nSPS) is 17.1. The maximum atomic E-state index is 12.7. The van der Waals surface area contributed by atoms with Crippen molar-refractivity contribution in [1.82, 2.24) is 4.90 Å². The zero-order valence-electron chi connectivity index (χ0n) is 13.9. The minimum absolute atomic E-state index is 0.113. The maximum absolute atomic E-state index is 12.7. The van der Waals surface area contributed by atoms with E-state index in [9.17, 15) is 4.79 Å². The van der Waals surface area contributed by atoms with Crippen LogP contribution in [0.5, 0.6) is 5.75 Å². The van der Waals surface area contributed by atoms with Crippen molar-refractivity contribution in [3.8, 4) is 5.75 Å². The van der Waals surface area contributed by atoms with Crippen LogP contribution in [0.15, 0.2) is 48.5 Å². The van der Waals surface area contributed by atoms with Gasteiger partial charge < -0.3 is 9.64 Å². The molecule has 1 amide bonds. The van der Waals surface area contributed by atoms with Gasteiger partial charge in [0.25, 0.3) is 0 Å². The van der Waals surface area contributed by atoms with Crippen LogP contribution in [-0.4, -0.2) is 24.5 Å². The molecule has 1 saturated heterocycles. The fourth-order valence-corrected chi connectivity index (χ4v) is 3.58. The predicted molar refractivity (Wildman–Crippen MR) is 96.5 cm³/mol. The highest BCUT2D eigenvalue weighted by atomic mass is 35.5. The van der Waals surface area contributed by atoms with Crippen LogP contribution in [0.3, 0.4) is 0 Å². The summed E-state index contributed by atoms with van der Waals surface area (Å²) in [6, 6.07) is 15.9. The summed E-state index contributed by atoms with van der Waals surface area (Å²) in [5.74, 6) is 1.04. The second kappa shape index (κ2) is 7.71. The lowest BCUT2D eigenvalue weighted by molar-refractivity contribution is -0.132. The van der Waals surface area contributed by atoms with Crippen molar-refractivity contribution in [2.45, 2.75) is 31.7 Å². The van der Waals surface area contributed by atoms with E-state index in [4.69, 9.17) is 16.3 Å². The van der Waals surface area contributed by atoms with E-state index in [0.717, 1.165) is 47.7 Å². The summed E-state index contributed by atoms with van der Waals surface area (Å²) in [7, 11) is 1.65. The Kier molecular flexibility index (Phi) is 5.41. The van der Waals surface area contributed by atoms with Crippen LogP contribution >= 0.6 is 11.6 Å². The van der Waals surface area contributed by atoms with E-state index in [-0.39, 0.29) is 11.9 Å². The summed E-state index contributed by atoms with van der Waals surface area (Å²) in [4.78, 5) is 14.7. The summed E-state index contributed by atoms with van der Waals surface area (Å²) in [5.41, 5.74) is 2.21. The molecule has 3 rings (SSSR count). The Labute approximate surface area is 148 Å². The highest BCUT2D eigenvalue weighted by molar-refractivity contribution is 6.31. The molecule has 0 aliphatic carbocycles. The molecule has 1 aliphatic heterocycles. The Bertz CT molecular complexity index is 699. The molecule has 2 aromatic carbocycles. The number of aryl methyl sites for hydroxylation is 1. The topological polar surface area (TPSA) is 29.5 Å². The largest absolute Gasteiger partial charge is 0.497 e. The molecular formula is C20H22ClNO2. The Balaban J connectivity index is 1.64. The first-order valence-corrected chi connectivity index (χ1v) is 8.73. The molecule has 0 aromatic heterocycles. The SMILES string of the molecule is COc1ccc(CCC(=O)N2CCC[C@@H]2c2ccccc2Cl)cc1. The second-order valence-corrected chi connectivity index (χ2v) is 6.52. The monoisotopic (exact) mass is 343 g/mol. The smallest absolute Gasteiger partial charge is 0.223 e. The van der Waals surface area contributed by atoms with E-state index in [2.05, 4.69) is 0 Å². The van der Waals surface area contributed by atoms with Crippen molar-refractivity contribution < 1.29 is 9.53 Å². The van der Waals surface area contributed by atoms with Crippen LogP contribution in [0.1, 0.15) is 36.4 Å². The van der Waals surface area contributed by atoms with Gasteiger partial charge in [0.05, 0.1) is 13.2 Å². The lowest BCUT2D eigenvalue weighted by Gasteiger charge is -2.26. The number of benzene rings is 2. The van der Waals surface area contributed by atoms with Crippen LogP contribution in [-0.2, 0) is 11.2 Å². The molecule has 126 valence electrons. The van der Waals surface area contributed by atoms with Crippen LogP contribution in [0.2, 0.25) is 5.02 Å². The predicted octanol–water partition coefficient (Wildman–Crippen LogP) is 4.64. The Morgan fingerprint density at radius 1 is 1.21 bits per heavy atom. The quantitative estimate of drug-likeness (QED) is 0.791. The number of amides is 1. The lowest BCUT2D eigenvalue weighted by Crippen LogP contribution is -2.30. The molecule has 0 radical (unpaired) electrons. The molecule has 0 bridgehead atoms. The number of halogens is 1. The molecule has 2 aromatic rings. The second-order valence-electron chi connectivity index (χ2n) is 6.11. The molecule has 0 saturated carbocycles. The third kappa shape index (κ3) is 3.73. The molecule has 1 atom stereocenters. The minimum atomic E-state index is 0.113. The van der Waals surface area contributed by atoms with E-state index in [1.54, 1.807) is 7.11 Å². The summed E-state index contributed by atoms with van der Waals surface area (Å²) in [6.45, 7) is 0.817. The highest BCUT2D eigenvalue weighted by Crippen LogP contribution is 2.36. The van der Waals surface area contributed by atoms with Gasteiger partial charge in [-0.25, -0.2) is 0 Å². The molecule has 1 heterocycles. The number of carbonyl (C=O) groups excluding carboxylic acids is 1. The lowest BCUT2D eigenvalue weighted by atomic mass is 10.0. The van der Waals surface area contributed by atoms with Gasteiger partial charge >= 0.3 is 0 Å². The van der Waals surface area contributed by atoms with Gasteiger partial charge in [-0.15, -0.1) is 0 Å². The van der Waals surface area contributed by atoms with Crippen LogP contribution in [0.4, 0.5) is 0 Å². The number of ether oxygens (including phenoxy) is 1. The molecule has 3 nitrogen and oxygen atoms in total. The van der Waals surface area contributed by atoms with Crippen molar-refractivity contribution in [3.63, 3.8) is 0 Å². The standard InChI is InChI=1S/C20H22ClNO2/c1-24-16-11-8-15(9-12-16)10-13-20(23)22-14-4-7-19(22)17-5-2-3-6-18(17)21/h2-3,5-6,8-9,11-12,19H,4,7,10,13-14H2,1H3/t19-/m1/s1. The molecule has 0 unspecified atom stereocenters. The third-order valence-electron chi connectivity index (χ3n) is 4.62. The fraction of sp³-hybridized carbons (Fsp3) is 0.350. The Morgan fingerprint density at radius 3 is 2.67 bits per heavy atom. The van der Waals surface area contributed by atoms with Gasteiger partial charge in [0.15, 0.2) is 0 Å². The fourth-order valence-electron chi connectivity index (χ4n) is 3.32. The Hall–Kier alpha value is -2.00. The van der Waals surface area contributed by atoms with Gasteiger partial charge in [0.2, 0.25) is 5.91 Å². The van der Waals surface area contributed by atoms with Crippen molar-refractivity contribution in [1.29, 1.82) is 0 Å². The molecule has 0 N–H and O–H groups in total.